The summed E-state index contributed by atoms with van der Waals surface area (Å²) < 4.78 is 16.7. The third kappa shape index (κ3) is 6.55. The first-order valence-corrected chi connectivity index (χ1v) is 11.4. The maximum absolute atomic E-state index is 11.6. The Hall–Kier alpha value is -2.37. The zero-order valence-electron chi connectivity index (χ0n) is 18.6. The van der Waals surface area contributed by atoms with Crippen molar-refractivity contribution < 1.29 is 28.6 Å². The van der Waals surface area contributed by atoms with Gasteiger partial charge < -0.3 is 14.2 Å². The number of aldehydes is 1. The SMILES string of the molecule is COC(=O)C1CCC(COc2ccc(OCC3CCC(C(C)=O)CC3)c(C=O)c2)CC1. The summed E-state index contributed by atoms with van der Waals surface area (Å²) in [6.45, 7) is 2.82. The van der Waals surface area contributed by atoms with E-state index >= 15 is 0 Å². The number of ether oxygens (including phenoxy) is 3. The van der Waals surface area contributed by atoms with E-state index in [1.165, 1.54) is 7.11 Å². The van der Waals surface area contributed by atoms with E-state index in [9.17, 15) is 14.4 Å². The van der Waals surface area contributed by atoms with Crippen LogP contribution in [0.5, 0.6) is 11.5 Å². The summed E-state index contributed by atoms with van der Waals surface area (Å²) in [7, 11) is 1.44. The maximum Gasteiger partial charge on any atom is 0.308 e. The summed E-state index contributed by atoms with van der Waals surface area (Å²) in [4.78, 5) is 34.7. The normalized spacial score (nSPS) is 26.0. The zero-order chi connectivity index (χ0) is 22.2. The van der Waals surface area contributed by atoms with Gasteiger partial charge in [0.1, 0.15) is 17.3 Å². The molecule has 1 aromatic rings. The fourth-order valence-corrected chi connectivity index (χ4v) is 4.73. The number of carbonyl (C=O) groups excluding carboxylic acids is 3. The van der Waals surface area contributed by atoms with Gasteiger partial charge in [0.25, 0.3) is 0 Å². The van der Waals surface area contributed by atoms with Gasteiger partial charge in [0.2, 0.25) is 0 Å². The van der Waals surface area contributed by atoms with Crippen LogP contribution >= 0.6 is 0 Å². The largest absolute Gasteiger partial charge is 0.493 e. The lowest BCUT2D eigenvalue weighted by atomic mass is 9.81. The molecule has 170 valence electrons. The Morgan fingerprint density at radius 1 is 0.903 bits per heavy atom. The molecule has 0 N–H and O–H groups in total. The van der Waals surface area contributed by atoms with Crippen molar-refractivity contribution in [3.05, 3.63) is 23.8 Å². The molecule has 0 aromatic heterocycles. The van der Waals surface area contributed by atoms with Gasteiger partial charge >= 0.3 is 5.97 Å². The molecule has 0 atom stereocenters. The summed E-state index contributed by atoms with van der Waals surface area (Å²) in [5.74, 6) is 2.45. The third-order valence-electron chi connectivity index (χ3n) is 6.87. The van der Waals surface area contributed by atoms with E-state index in [4.69, 9.17) is 14.2 Å². The minimum atomic E-state index is -0.113. The third-order valence-corrected chi connectivity index (χ3v) is 6.87. The van der Waals surface area contributed by atoms with E-state index in [1.54, 1.807) is 19.1 Å². The molecule has 2 fully saturated rings. The summed E-state index contributed by atoms with van der Waals surface area (Å²) >= 11 is 0. The topological polar surface area (TPSA) is 78.9 Å². The predicted molar refractivity (Wildman–Crippen MR) is 116 cm³/mol. The monoisotopic (exact) mass is 430 g/mol. The van der Waals surface area contributed by atoms with E-state index in [2.05, 4.69) is 0 Å². The van der Waals surface area contributed by atoms with Crippen molar-refractivity contribution in [3.63, 3.8) is 0 Å². The smallest absolute Gasteiger partial charge is 0.308 e. The molecule has 3 rings (SSSR count). The van der Waals surface area contributed by atoms with Crippen LogP contribution in [0.25, 0.3) is 0 Å². The molecule has 31 heavy (non-hydrogen) atoms. The van der Waals surface area contributed by atoms with Crippen LogP contribution in [0.1, 0.15) is 68.6 Å². The van der Waals surface area contributed by atoms with Crippen molar-refractivity contribution in [3.8, 4) is 11.5 Å². The van der Waals surface area contributed by atoms with Gasteiger partial charge in [-0.05, 0) is 88.3 Å². The first kappa shape index (κ1) is 23.3. The minimum absolute atomic E-state index is 0.0110. The summed E-state index contributed by atoms with van der Waals surface area (Å²) in [6.07, 6.45) is 8.18. The van der Waals surface area contributed by atoms with Crippen molar-refractivity contribution >= 4 is 18.0 Å². The van der Waals surface area contributed by atoms with Crippen molar-refractivity contribution in [2.45, 2.75) is 58.3 Å². The number of rotatable bonds is 9. The van der Waals surface area contributed by atoms with E-state index in [0.717, 1.165) is 57.7 Å². The van der Waals surface area contributed by atoms with Crippen LogP contribution in [0.15, 0.2) is 18.2 Å². The molecule has 6 heteroatoms. The molecule has 0 bridgehead atoms. The second-order valence-electron chi connectivity index (χ2n) is 9.01. The number of hydrogen-bond acceptors (Lipinski definition) is 6. The minimum Gasteiger partial charge on any atom is -0.493 e. The molecule has 0 heterocycles. The number of methoxy groups -OCH3 is 1. The van der Waals surface area contributed by atoms with Gasteiger partial charge in [0, 0.05) is 5.92 Å². The molecule has 0 amide bonds. The predicted octanol–water partition coefficient (Wildman–Crippen LogP) is 4.63. The Bertz CT molecular complexity index is 757. The Labute approximate surface area is 184 Å². The lowest BCUT2D eigenvalue weighted by Crippen LogP contribution is -2.25. The highest BCUT2D eigenvalue weighted by Gasteiger charge is 2.27. The highest BCUT2D eigenvalue weighted by Crippen LogP contribution is 2.32. The molecule has 0 radical (unpaired) electrons. The molecular weight excluding hydrogens is 396 g/mol. The number of ketones is 1. The van der Waals surface area contributed by atoms with E-state index in [0.29, 0.717) is 42.1 Å². The first-order valence-electron chi connectivity index (χ1n) is 11.4. The van der Waals surface area contributed by atoms with Crippen LogP contribution in [-0.2, 0) is 14.3 Å². The zero-order valence-corrected chi connectivity index (χ0v) is 18.6. The molecule has 0 aliphatic heterocycles. The van der Waals surface area contributed by atoms with Gasteiger partial charge in [-0.1, -0.05) is 0 Å². The van der Waals surface area contributed by atoms with Crippen LogP contribution < -0.4 is 9.47 Å². The second-order valence-corrected chi connectivity index (χ2v) is 9.01. The number of benzene rings is 1. The van der Waals surface area contributed by atoms with Crippen LogP contribution in [0, 0.1) is 23.7 Å². The highest BCUT2D eigenvalue weighted by atomic mass is 16.5. The number of esters is 1. The van der Waals surface area contributed by atoms with Crippen LogP contribution in [0.2, 0.25) is 0 Å². The van der Waals surface area contributed by atoms with Crippen molar-refractivity contribution in [1.82, 2.24) is 0 Å². The lowest BCUT2D eigenvalue weighted by Gasteiger charge is -2.27. The van der Waals surface area contributed by atoms with Gasteiger partial charge in [-0.2, -0.15) is 0 Å². The van der Waals surface area contributed by atoms with E-state index < -0.39 is 0 Å². The van der Waals surface area contributed by atoms with E-state index in [1.807, 2.05) is 6.07 Å². The number of Topliss-reactive ketones (excluding diaryl/α,β-unsaturated/α-hetero) is 1. The Balaban J connectivity index is 1.45. The number of hydrogen-bond donors (Lipinski definition) is 0. The molecule has 1 aromatic carbocycles. The van der Waals surface area contributed by atoms with Gasteiger partial charge in [-0.15, -0.1) is 0 Å². The average Bonchev–Trinajstić information content (AvgIpc) is 2.81. The van der Waals surface area contributed by atoms with Gasteiger partial charge in [0.05, 0.1) is 31.8 Å². The van der Waals surface area contributed by atoms with Crippen molar-refractivity contribution in [1.29, 1.82) is 0 Å². The Morgan fingerprint density at radius 3 is 2.03 bits per heavy atom. The van der Waals surface area contributed by atoms with E-state index in [-0.39, 0.29) is 23.6 Å². The second kappa shape index (κ2) is 11.3. The fraction of sp³-hybridized carbons (Fsp3) is 0.640. The van der Waals surface area contributed by atoms with Crippen LogP contribution in [0.4, 0.5) is 0 Å². The van der Waals surface area contributed by atoms with Crippen LogP contribution in [0.3, 0.4) is 0 Å². The molecule has 0 spiro atoms. The molecule has 6 nitrogen and oxygen atoms in total. The standard InChI is InChI=1S/C25H34O6/c1-17(27)20-7-3-19(4-8-20)16-31-24-12-11-23(13-22(24)14-26)30-15-18-5-9-21(10-6-18)25(28)29-2/h11-14,18-21H,3-10,15-16H2,1-2H3. The quantitative estimate of drug-likeness (QED) is 0.420. The maximum atomic E-state index is 11.6. The molecule has 2 aliphatic rings. The lowest BCUT2D eigenvalue weighted by molar-refractivity contribution is -0.146. The van der Waals surface area contributed by atoms with Gasteiger partial charge in [-0.25, -0.2) is 0 Å². The fourth-order valence-electron chi connectivity index (χ4n) is 4.73. The first-order chi connectivity index (χ1) is 15.0. The average molecular weight is 431 g/mol. The molecule has 0 unspecified atom stereocenters. The van der Waals surface area contributed by atoms with Crippen LogP contribution in [-0.4, -0.2) is 38.4 Å². The summed E-state index contributed by atoms with van der Waals surface area (Å²) in [6, 6.07) is 5.37. The van der Waals surface area contributed by atoms with Gasteiger partial charge in [0.15, 0.2) is 6.29 Å². The Kier molecular flexibility index (Phi) is 8.50. The van der Waals surface area contributed by atoms with Crippen molar-refractivity contribution in [2.75, 3.05) is 20.3 Å². The van der Waals surface area contributed by atoms with Gasteiger partial charge in [-0.3, -0.25) is 14.4 Å². The molecule has 2 saturated carbocycles. The molecule has 0 saturated heterocycles. The number of carbonyl (C=O) groups is 3. The Morgan fingerprint density at radius 2 is 1.48 bits per heavy atom. The summed E-state index contributed by atoms with van der Waals surface area (Å²) in [5.41, 5.74) is 0.490. The van der Waals surface area contributed by atoms with Crippen molar-refractivity contribution in [2.24, 2.45) is 23.7 Å². The summed E-state index contributed by atoms with van der Waals surface area (Å²) in [5, 5.41) is 0. The highest BCUT2D eigenvalue weighted by molar-refractivity contribution is 5.80. The molecular formula is C25H34O6. The molecule has 2 aliphatic carbocycles.